The number of aryl methyl sites for hydroxylation is 2. The van der Waals surface area contributed by atoms with Gasteiger partial charge in [-0.1, -0.05) is 66.7 Å². The van der Waals surface area contributed by atoms with Crippen LogP contribution in [0.2, 0.25) is 0 Å². The van der Waals surface area contributed by atoms with Crippen molar-refractivity contribution in [3.8, 4) is 0 Å². The third-order valence-electron chi connectivity index (χ3n) is 7.73. The second-order valence-corrected chi connectivity index (χ2v) is 9.28. The van der Waals surface area contributed by atoms with E-state index in [-0.39, 0.29) is 0 Å². The molecule has 3 heterocycles. The minimum absolute atomic E-state index is 1.27. The second-order valence-electron chi connectivity index (χ2n) is 9.28. The maximum Gasteiger partial charge on any atom is 0.225 e. The van der Waals surface area contributed by atoms with Gasteiger partial charge in [0.05, 0.1) is 32.7 Å². The smallest absolute Gasteiger partial charge is 0.225 e. The minimum Gasteiger partial charge on any atom is -0.307 e. The fourth-order valence-electron chi connectivity index (χ4n) is 6.33. The number of hydrogen-bond acceptors (Lipinski definition) is 0. The Labute approximate surface area is 190 Å². The molecule has 0 aliphatic rings. The van der Waals surface area contributed by atoms with Gasteiger partial charge in [-0.15, -0.1) is 0 Å². The number of nitrogens with zero attached hydrogens (tertiary/aromatic N) is 2. The molecule has 3 aromatic heterocycles. The fraction of sp³-hybridized carbons (Fsp3) is 0.0645. The largest absolute Gasteiger partial charge is 0.307 e. The number of pyridine rings is 2. The Balaban J connectivity index is 1.87. The second kappa shape index (κ2) is 5.79. The zero-order valence-corrected chi connectivity index (χ0v) is 18.6. The SMILES string of the molecule is Cc1c2ccccc2cc2c1c1c3c(ccc4c5ccccc5n2c43)c2ccccc2[n+]1C. The summed E-state index contributed by atoms with van der Waals surface area (Å²) in [4.78, 5) is 0. The highest BCUT2D eigenvalue weighted by atomic mass is 15.0. The van der Waals surface area contributed by atoms with Crippen molar-refractivity contribution in [2.45, 2.75) is 6.92 Å². The summed E-state index contributed by atoms with van der Waals surface area (Å²) in [6.07, 6.45) is 0. The lowest BCUT2D eigenvalue weighted by Crippen LogP contribution is -2.31. The van der Waals surface area contributed by atoms with Crippen LogP contribution in [0.3, 0.4) is 0 Å². The monoisotopic (exact) mass is 421 g/mol. The molecule has 0 aliphatic carbocycles. The first-order valence-corrected chi connectivity index (χ1v) is 11.5. The molecule has 0 amide bonds. The molecule has 8 aromatic rings. The molecule has 0 atom stereocenters. The predicted octanol–water partition coefficient (Wildman–Crippen LogP) is 7.43. The normalized spacial score (nSPS) is 12.5. The Morgan fingerprint density at radius 1 is 0.606 bits per heavy atom. The van der Waals surface area contributed by atoms with Crippen molar-refractivity contribution in [1.82, 2.24) is 4.40 Å². The van der Waals surface area contributed by atoms with Crippen molar-refractivity contribution in [1.29, 1.82) is 0 Å². The van der Waals surface area contributed by atoms with Gasteiger partial charge in [-0.2, -0.15) is 4.57 Å². The number of benzene rings is 5. The summed E-state index contributed by atoms with van der Waals surface area (Å²) in [5.74, 6) is 0. The highest BCUT2D eigenvalue weighted by Crippen LogP contribution is 2.43. The van der Waals surface area contributed by atoms with E-state index in [1.807, 2.05) is 0 Å². The highest BCUT2D eigenvalue weighted by Gasteiger charge is 2.26. The number of rotatable bonds is 0. The molecule has 5 aromatic carbocycles. The molecule has 0 unspecified atom stereocenters. The van der Waals surface area contributed by atoms with Crippen LogP contribution in [-0.4, -0.2) is 4.40 Å². The number of hydrogen-bond donors (Lipinski definition) is 0. The molecule has 0 fully saturated rings. The zero-order chi connectivity index (χ0) is 21.8. The fourth-order valence-corrected chi connectivity index (χ4v) is 6.33. The van der Waals surface area contributed by atoms with Gasteiger partial charge < -0.3 is 4.40 Å². The van der Waals surface area contributed by atoms with Crippen molar-refractivity contribution in [3.63, 3.8) is 0 Å². The highest BCUT2D eigenvalue weighted by molar-refractivity contribution is 6.31. The molecule has 8 rings (SSSR count). The van der Waals surface area contributed by atoms with Gasteiger partial charge in [0.25, 0.3) is 0 Å². The summed E-state index contributed by atoms with van der Waals surface area (Å²) in [7, 11) is 2.23. The van der Waals surface area contributed by atoms with E-state index >= 15 is 0 Å². The Hall–Kier alpha value is -4.17. The lowest BCUT2D eigenvalue weighted by Gasteiger charge is -2.16. The van der Waals surface area contributed by atoms with Crippen molar-refractivity contribution in [2.75, 3.05) is 0 Å². The van der Waals surface area contributed by atoms with Gasteiger partial charge in [0, 0.05) is 22.2 Å². The summed E-state index contributed by atoms with van der Waals surface area (Å²) in [5, 5.41) is 10.6. The van der Waals surface area contributed by atoms with Crippen molar-refractivity contribution in [2.24, 2.45) is 7.05 Å². The first-order chi connectivity index (χ1) is 16.2. The summed E-state index contributed by atoms with van der Waals surface area (Å²) < 4.78 is 4.93. The number of aromatic nitrogens is 2. The van der Waals surface area contributed by atoms with Gasteiger partial charge in [-0.25, -0.2) is 0 Å². The van der Waals surface area contributed by atoms with E-state index < -0.39 is 0 Å². The Morgan fingerprint density at radius 2 is 1.30 bits per heavy atom. The lowest BCUT2D eigenvalue weighted by atomic mass is 9.94. The van der Waals surface area contributed by atoms with Crippen molar-refractivity contribution in [3.05, 3.63) is 96.6 Å². The van der Waals surface area contributed by atoms with E-state index in [1.165, 1.54) is 76.2 Å². The quantitative estimate of drug-likeness (QED) is 0.137. The number of para-hydroxylation sites is 2. The number of fused-ring (bicyclic) bond motifs is 9. The van der Waals surface area contributed by atoms with Crippen LogP contribution < -0.4 is 4.57 Å². The molecule has 0 saturated carbocycles. The van der Waals surface area contributed by atoms with Crippen molar-refractivity contribution < 1.29 is 4.57 Å². The van der Waals surface area contributed by atoms with Gasteiger partial charge in [-0.05, 0) is 41.5 Å². The van der Waals surface area contributed by atoms with E-state index in [0.717, 1.165) is 0 Å². The van der Waals surface area contributed by atoms with Crippen LogP contribution >= 0.6 is 0 Å². The van der Waals surface area contributed by atoms with Crippen LogP contribution in [0.15, 0.2) is 91.0 Å². The Morgan fingerprint density at radius 3 is 2.18 bits per heavy atom. The molecule has 0 spiro atoms. The molecule has 2 heteroatoms. The van der Waals surface area contributed by atoms with Crippen LogP contribution in [0.4, 0.5) is 0 Å². The van der Waals surface area contributed by atoms with Crippen LogP contribution in [0, 0.1) is 6.92 Å². The molecule has 0 aliphatic heterocycles. The first-order valence-electron chi connectivity index (χ1n) is 11.5. The lowest BCUT2D eigenvalue weighted by molar-refractivity contribution is -0.616. The molecule has 154 valence electrons. The predicted molar refractivity (Wildman–Crippen MR) is 140 cm³/mol. The molecular formula is C31H21N2+. The van der Waals surface area contributed by atoms with Gasteiger partial charge in [0.2, 0.25) is 11.0 Å². The summed E-state index contributed by atoms with van der Waals surface area (Å²) in [6.45, 7) is 2.29. The average molecular weight is 422 g/mol. The summed E-state index contributed by atoms with van der Waals surface area (Å²) in [6, 6.07) is 33.5. The molecule has 0 bridgehead atoms. The van der Waals surface area contributed by atoms with E-state index in [1.54, 1.807) is 0 Å². The third-order valence-corrected chi connectivity index (χ3v) is 7.73. The Kier molecular flexibility index (Phi) is 3.05. The summed E-state index contributed by atoms with van der Waals surface area (Å²) in [5.41, 5.74) is 7.81. The molecule has 0 N–H and O–H groups in total. The van der Waals surface area contributed by atoms with Gasteiger partial charge in [0.15, 0.2) is 0 Å². The standard InChI is InChI=1S/C31H21N2/c1-18-20-10-4-3-9-19(20)17-27-28(18)31-29-23(21-11-5-7-13-25(21)32(31)2)15-16-24-22-12-6-8-14-26(22)33(27)30(24)29/h3-17H,1-2H3/q+1. The van der Waals surface area contributed by atoms with Crippen molar-refractivity contribution >= 4 is 70.7 Å². The maximum atomic E-state index is 2.52. The molecule has 2 nitrogen and oxygen atoms in total. The zero-order valence-electron chi connectivity index (χ0n) is 18.6. The topological polar surface area (TPSA) is 8.29 Å². The van der Waals surface area contributed by atoms with Gasteiger partial charge >= 0.3 is 0 Å². The van der Waals surface area contributed by atoms with Gasteiger partial charge in [-0.3, -0.25) is 0 Å². The van der Waals surface area contributed by atoms with Crippen LogP contribution in [0.5, 0.6) is 0 Å². The molecular weight excluding hydrogens is 400 g/mol. The summed E-state index contributed by atoms with van der Waals surface area (Å²) >= 11 is 0. The van der Waals surface area contributed by atoms with Gasteiger partial charge in [0.1, 0.15) is 7.05 Å². The van der Waals surface area contributed by atoms with Crippen LogP contribution in [0.1, 0.15) is 5.56 Å². The molecule has 0 saturated heterocycles. The first kappa shape index (κ1) is 17.4. The van der Waals surface area contributed by atoms with Crippen LogP contribution in [-0.2, 0) is 7.05 Å². The van der Waals surface area contributed by atoms with E-state index in [9.17, 15) is 0 Å². The van der Waals surface area contributed by atoms with Crippen LogP contribution in [0.25, 0.3) is 70.7 Å². The van der Waals surface area contributed by atoms with E-state index in [4.69, 9.17) is 0 Å². The molecule has 0 radical (unpaired) electrons. The van der Waals surface area contributed by atoms with E-state index in [2.05, 4.69) is 114 Å². The van der Waals surface area contributed by atoms with E-state index in [0.29, 0.717) is 0 Å². The third kappa shape index (κ3) is 1.94. The molecule has 33 heavy (non-hydrogen) atoms. The minimum atomic E-state index is 1.27. The average Bonchev–Trinajstić information content (AvgIpc) is 3.20. The maximum absolute atomic E-state index is 2.52. The Bertz CT molecular complexity index is 2080.